The second-order valence-electron chi connectivity index (χ2n) is 5.34. The van der Waals surface area contributed by atoms with Gasteiger partial charge >= 0.3 is 0 Å². The van der Waals surface area contributed by atoms with Gasteiger partial charge in [-0.25, -0.2) is 0 Å². The lowest BCUT2D eigenvalue weighted by atomic mass is 10.1. The quantitative estimate of drug-likeness (QED) is 0.841. The third-order valence-electron chi connectivity index (χ3n) is 4.19. The SMILES string of the molecule is NC(=S)c1ccc(NC2CCN3CCCC23)cc1Cl. The fourth-order valence-corrected chi connectivity index (χ4v) is 3.79. The summed E-state index contributed by atoms with van der Waals surface area (Å²) in [5.41, 5.74) is 7.42. The van der Waals surface area contributed by atoms with Crippen LogP contribution in [0.25, 0.3) is 0 Å². The minimum atomic E-state index is 0.347. The summed E-state index contributed by atoms with van der Waals surface area (Å²) in [7, 11) is 0. The molecule has 3 rings (SSSR count). The van der Waals surface area contributed by atoms with Crippen molar-refractivity contribution in [3.05, 3.63) is 28.8 Å². The molecule has 3 N–H and O–H groups in total. The van der Waals surface area contributed by atoms with Crippen LogP contribution in [0.1, 0.15) is 24.8 Å². The Morgan fingerprint density at radius 1 is 1.37 bits per heavy atom. The largest absolute Gasteiger partial charge is 0.389 e. The Hall–Kier alpha value is -0.840. The number of nitrogens with one attached hydrogen (secondary N) is 1. The lowest BCUT2D eigenvalue weighted by Crippen LogP contribution is -2.33. The smallest absolute Gasteiger partial charge is 0.105 e. The molecule has 2 aliphatic rings. The molecule has 0 aliphatic carbocycles. The predicted molar refractivity (Wildman–Crippen MR) is 84.0 cm³/mol. The van der Waals surface area contributed by atoms with Crippen molar-refractivity contribution in [2.45, 2.75) is 31.3 Å². The molecule has 2 heterocycles. The number of benzene rings is 1. The molecule has 3 nitrogen and oxygen atoms in total. The summed E-state index contributed by atoms with van der Waals surface area (Å²) in [4.78, 5) is 2.93. The van der Waals surface area contributed by atoms with E-state index in [1.165, 1.54) is 32.4 Å². The lowest BCUT2D eigenvalue weighted by Gasteiger charge is -2.22. The molecule has 2 saturated heterocycles. The minimum absolute atomic E-state index is 0.347. The summed E-state index contributed by atoms with van der Waals surface area (Å²) < 4.78 is 0. The van der Waals surface area contributed by atoms with Crippen molar-refractivity contribution < 1.29 is 0 Å². The average molecular weight is 296 g/mol. The minimum Gasteiger partial charge on any atom is -0.389 e. The zero-order chi connectivity index (χ0) is 13.4. The number of halogens is 1. The Morgan fingerprint density at radius 3 is 2.95 bits per heavy atom. The Balaban J connectivity index is 1.73. The maximum atomic E-state index is 6.20. The van der Waals surface area contributed by atoms with Gasteiger partial charge in [0, 0.05) is 29.9 Å². The summed E-state index contributed by atoms with van der Waals surface area (Å²) in [5, 5.41) is 4.23. The van der Waals surface area contributed by atoms with Crippen LogP contribution in [-0.4, -0.2) is 35.1 Å². The van der Waals surface area contributed by atoms with Gasteiger partial charge in [0.2, 0.25) is 0 Å². The van der Waals surface area contributed by atoms with Gasteiger partial charge in [-0.2, -0.15) is 0 Å². The van der Waals surface area contributed by atoms with Gasteiger partial charge in [-0.05, 0) is 44.0 Å². The van der Waals surface area contributed by atoms with Gasteiger partial charge in [0.25, 0.3) is 0 Å². The molecule has 0 aromatic heterocycles. The highest BCUT2D eigenvalue weighted by atomic mass is 35.5. The normalized spacial score (nSPS) is 26.4. The van der Waals surface area contributed by atoms with Crippen molar-refractivity contribution in [3.8, 4) is 0 Å². The Labute approximate surface area is 124 Å². The highest BCUT2D eigenvalue weighted by molar-refractivity contribution is 7.80. The lowest BCUT2D eigenvalue weighted by molar-refractivity contribution is 0.318. The number of nitrogens with zero attached hydrogens (tertiary/aromatic N) is 1. The van der Waals surface area contributed by atoms with Crippen LogP contribution in [0.5, 0.6) is 0 Å². The maximum Gasteiger partial charge on any atom is 0.105 e. The molecular formula is C14H18ClN3S. The molecule has 5 heteroatoms. The third kappa shape index (κ3) is 2.57. The van der Waals surface area contributed by atoms with Crippen LogP contribution >= 0.6 is 23.8 Å². The van der Waals surface area contributed by atoms with Crippen LogP contribution in [0.2, 0.25) is 5.02 Å². The second-order valence-corrected chi connectivity index (χ2v) is 6.19. The van der Waals surface area contributed by atoms with Crippen molar-refractivity contribution in [2.75, 3.05) is 18.4 Å². The molecule has 2 atom stereocenters. The van der Waals surface area contributed by atoms with E-state index in [2.05, 4.69) is 10.2 Å². The number of rotatable bonds is 3. The maximum absolute atomic E-state index is 6.20. The third-order valence-corrected chi connectivity index (χ3v) is 4.73. The van der Waals surface area contributed by atoms with Gasteiger partial charge in [0.1, 0.15) is 4.99 Å². The van der Waals surface area contributed by atoms with Gasteiger partial charge in [0.05, 0.1) is 5.02 Å². The van der Waals surface area contributed by atoms with Crippen LogP contribution in [0.3, 0.4) is 0 Å². The first-order chi connectivity index (χ1) is 9.15. The zero-order valence-electron chi connectivity index (χ0n) is 10.7. The van der Waals surface area contributed by atoms with E-state index in [-0.39, 0.29) is 0 Å². The summed E-state index contributed by atoms with van der Waals surface area (Å²) >= 11 is 11.2. The molecule has 0 saturated carbocycles. The molecule has 102 valence electrons. The Bertz CT molecular complexity index is 505. The molecule has 2 aliphatic heterocycles. The van der Waals surface area contributed by atoms with Crippen molar-refractivity contribution >= 4 is 34.5 Å². The molecule has 0 bridgehead atoms. The Kier molecular flexibility index (Phi) is 3.65. The highest BCUT2D eigenvalue weighted by Gasteiger charge is 2.36. The molecule has 2 unspecified atom stereocenters. The number of hydrogen-bond acceptors (Lipinski definition) is 3. The molecule has 0 radical (unpaired) electrons. The van der Waals surface area contributed by atoms with E-state index in [4.69, 9.17) is 29.6 Å². The number of hydrogen-bond donors (Lipinski definition) is 2. The average Bonchev–Trinajstić information content (AvgIpc) is 2.94. The molecule has 0 amide bonds. The van der Waals surface area contributed by atoms with Gasteiger partial charge in [-0.1, -0.05) is 23.8 Å². The highest BCUT2D eigenvalue weighted by Crippen LogP contribution is 2.31. The van der Waals surface area contributed by atoms with Gasteiger partial charge in [0.15, 0.2) is 0 Å². The first-order valence-corrected chi connectivity index (χ1v) is 7.54. The van der Waals surface area contributed by atoms with E-state index in [1.54, 1.807) is 0 Å². The Morgan fingerprint density at radius 2 is 2.21 bits per heavy atom. The van der Waals surface area contributed by atoms with Gasteiger partial charge < -0.3 is 11.1 Å². The zero-order valence-corrected chi connectivity index (χ0v) is 12.3. The van der Waals surface area contributed by atoms with Gasteiger partial charge in [-0.3, -0.25) is 4.90 Å². The van der Waals surface area contributed by atoms with E-state index in [0.29, 0.717) is 22.1 Å². The number of nitrogens with two attached hydrogens (primary N) is 1. The van der Waals surface area contributed by atoms with E-state index in [0.717, 1.165) is 11.3 Å². The number of anilines is 1. The van der Waals surface area contributed by atoms with E-state index < -0.39 is 0 Å². The van der Waals surface area contributed by atoms with Crippen molar-refractivity contribution in [3.63, 3.8) is 0 Å². The predicted octanol–water partition coefficient (Wildman–Crippen LogP) is 2.62. The summed E-state index contributed by atoms with van der Waals surface area (Å²) in [6, 6.07) is 7.06. The number of fused-ring (bicyclic) bond motifs is 1. The molecule has 1 aromatic carbocycles. The first kappa shape index (κ1) is 13.2. The fraction of sp³-hybridized carbons (Fsp3) is 0.500. The number of thiocarbonyl (C=S) groups is 1. The molecule has 1 aromatic rings. The summed E-state index contributed by atoms with van der Waals surface area (Å²) in [6.07, 6.45) is 3.83. The van der Waals surface area contributed by atoms with Crippen LogP contribution < -0.4 is 11.1 Å². The monoisotopic (exact) mass is 295 g/mol. The standard InChI is InChI=1S/C14H18ClN3S/c15-11-8-9(3-4-10(11)14(16)19)17-12-5-7-18-6-1-2-13(12)18/h3-4,8,12-13,17H,1-2,5-7H2,(H2,16,19). The van der Waals surface area contributed by atoms with Crippen LogP contribution in [-0.2, 0) is 0 Å². The van der Waals surface area contributed by atoms with Gasteiger partial charge in [-0.15, -0.1) is 0 Å². The van der Waals surface area contributed by atoms with Crippen molar-refractivity contribution in [2.24, 2.45) is 5.73 Å². The summed E-state index contributed by atoms with van der Waals surface area (Å²) in [5.74, 6) is 0. The first-order valence-electron chi connectivity index (χ1n) is 6.75. The fourth-order valence-electron chi connectivity index (χ4n) is 3.27. The molecule has 19 heavy (non-hydrogen) atoms. The topological polar surface area (TPSA) is 41.3 Å². The molecule has 2 fully saturated rings. The summed E-state index contributed by atoms with van der Waals surface area (Å²) in [6.45, 7) is 2.46. The van der Waals surface area contributed by atoms with Crippen molar-refractivity contribution in [1.82, 2.24) is 4.90 Å². The second kappa shape index (κ2) is 5.27. The van der Waals surface area contributed by atoms with E-state index in [1.807, 2.05) is 18.2 Å². The van der Waals surface area contributed by atoms with Crippen molar-refractivity contribution in [1.29, 1.82) is 0 Å². The molecule has 0 spiro atoms. The van der Waals surface area contributed by atoms with Crippen LogP contribution in [0.15, 0.2) is 18.2 Å². The van der Waals surface area contributed by atoms with Crippen LogP contribution in [0.4, 0.5) is 5.69 Å². The van der Waals surface area contributed by atoms with Crippen LogP contribution in [0, 0.1) is 0 Å². The van der Waals surface area contributed by atoms with E-state index >= 15 is 0 Å². The molecular weight excluding hydrogens is 278 g/mol. The van der Waals surface area contributed by atoms with E-state index in [9.17, 15) is 0 Å².